The number of rotatable bonds is 5. The zero-order chi connectivity index (χ0) is 14.4. The first-order valence-corrected chi connectivity index (χ1v) is 8.72. The average molecular weight is 280 g/mol. The number of nitrogens with one attached hydrogen (secondary N) is 1. The molecular weight excluding hydrogens is 248 g/mol. The first-order valence-electron chi connectivity index (χ1n) is 8.72. The lowest BCUT2D eigenvalue weighted by atomic mass is 9.86. The van der Waals surface area contributed by atoms with Crippen molar-refractivity contribution < 1.29 is 4.79 Å². The Hall–Kier alpha value is -0.570. The summed E-state index contributed by atoms with van der Waals surface area (Å²) in [6.07, 6.45) is 9.70. The summed E-state index contributed by atoms with van der Waals surface area (Å²) in [5.74, 6) is 1.67. The molecule has 1 saturated carbocycles. The van der Waals surface area contributed by atoms with E-state index in [1.165, 1.54) is 38.5 Å². The molecule has 2 rings (SSSR count). The number of likely N-dealkylation sites (tertiary alicyclic amines) is 1. The molecule has 0 aromatic carbocycles. The van der Waals surface area contributed by atoms with Gasteiger partial charge in [-0.2, -0.15) is 0 Å². The Labute approximate surface area is 124 Å². The third-order valence-electron chi connectivity index (χ3n) is 5.10. The summed E-state index contributed by atoms with van der Waals surface area (Å²) in [6.45, 7) is 7.50. The first-order chi connectivity index (χ1) is 9.70. The van der Waals surface area contributed by atoms with Crippen LogP contribution in [0, 0.1) is 11.8 Å². The van der Waals surface area contributed by atoms with Gasteiger partial charge in [-0.25, -0.2) is 0 Å². The van der Waals surface area contributed by atoms with Gasteiger partial charge in [0, 0.05) is 25.6 Å². The minimum Gasteiger partial charge on any atom is -0.342 e. The fourth-order valence-corrected chi connectivity index (χ4v) is 3.77. The Morgan fingerprint density at radius 3 is 2.60 bits per heavy atom. The van der Waals surface area contributed by atoms with Crippen LogP contribution in [0.3, 0.4) is 0 Å². The van der Waals surface area contributed by atoms with E-state index >= 15 is 0 Å². The molecule has 1 amide bonds. The summed E-state index contributed by atoms with van der Waals surface area (Å²) in [7, 11) is 0. The van der Waals surface area contributed by atoms with Gasteiger partial charge in [-0.1, -0.05) is 33.1 Å². The highest BCUT2D eigenvalue weighted by atomic mass is 16.2. The highest BCUT2D eigenvalue weighted by molar-refractivity contribution is 5.76. The number of nitrogens with zero attached hydrogens (tertiary/aromatic N) is 1. The van der Waals surface area contributed by atoms with Crippen molar-refractivity contribution >= 4 is 5.91 Å². The molecular formula is C17H32N2O. The van der Waals surface area contributed by atoms with Crippen LogP contribution in [0.5, 0.6) is 0 Å². The highest BCUT2D eigenvalue weighted by Crippen LogP contribution is 2.27. The molecule has 1 aliphatic heterocycles. The molecule has 0 bridgehead atoms. The largest absolute Gasteiger partial charge is 0.342 e. The summed E-state index contributed by atoms with van der Waals surface area (Å²) < 4.78 is 0. The second-order valence-corrected chi connectivity index (χ2v) is 6.87. The predicted octanol–water partition coefficient (Wildman–Crippen LogP) is 3.19. The molecule has 1 heterocycles. The van der Waals surface area contributed by atoms with E-state index in [-0.39, 0.29) is 0 Å². The van der Waals surface area contributed by atoms with Crippen LogP contribution in [0.25, 0.3) is 0 Å². The maximum absolute atomic E-state index is 12.4. The molecule has 0 radical (unpaired) electrons. The van der Waals surface area contributed by atoms with Gasteiger partial charge in [0.2, 0.25) is 5.91 Å². The third-order valence-corrected chi connectivity index (χ3v) is 5.10. The molecule has 2 atom stereocenters. The van der Waals surface area contributed by atoms with Crippen LogP contribution in [-0.4, -0.2) is 36.5 Å². The summed E-state index contributed by atoms with van der Waals surface area (Å²) in [5, 5.41) is 3.62. The van der Waals surface area contributed by atoms with Crippen LogP contribution in [0.2, 0.25) is 0 Å². The SMILES string of the molecule is CCCNC1CCN(C(=O)CC2CCCCC2)CC1C. The predicted molar refractivity (Wildman–Crippen MR) is 83.6 cm³/mol. The van der Waals surface area contributed by atoms with Crippen molar-refractivity contribution in [1.82, 2.24) is 10.2 Å². The molecule has 1 aliphatic carbocycles. The van der Waals surface area contributed by atoms with Crippen LogP contribution in [0.15, 0.2) is 0 Å². The van der Waals surface area contributed by atoms with Gasteiger partial charge in [-0.15, -0.1) is 0 Å². The molecule has 2 aliphatic rings. The van der Waals surface area contributed by atoms with Crippen molar-refractivity contribution in [2.24, 2.45) is 11.8 Å². The molecule has 20 heavy (non-hydrogen) atoms. The van der Waals surface area contributed by atoms with E-state index in [1.807, 2.05) is 0 Å². The van der Waals surface area contributed by atoms with Crippen molar-refractivity contribution in [3.63, 3.8) is 0 Å². The number of amides is 1. The Morgan fingerprint density at radius 2 is 1.95 bits per heavy atom. The van der Waals surface area contributed by atoms with Crippen LogP contribution in [0.4, 0.5) is 0 Å². The fourth-order valence-electron chi connectivity index (χ4n) is 3.77. The summed E-state index contributed by atoms with van der Waals surface area (Å²) >= 11 is 0. The van der Waals surface area contributed by atoms with E-state index in [0.717, 1.165) is 32.5 Å². The Kier molecular flexibility index (Phi) is 6.34. The van der Waals surface area contributed by atoms with Crippen LogP contribution < -0.4 is 5.32 Å². The molecule has 2 fully saturated rings. The van der Waals surface area contributed by atoms with Crippen molar-refractivity contribution in [3.05, 3.63) is 0 Å². The minimum absolute atomic E-state index is 0.415. The minimum atomic E-state index is 0.415. The van der Waals surface area contributed by atoms with Gasteiger partial charge < -0.3 is 10.2 Å². The van der Waals surface area contributed by atoms with Gasteiger partial charge in [0.05, 0.1) is 0 Å². The standard InChI is InChI=1S/C17H32N2O/c1-3-10-18-16-9-11-19(13-14(16)2)17(20)12-15-7-5-4-6-8-15/h14-16,18H,3-13H2,1-2H3. The van der Waals surface area contributed by atoms with E-state index in [9.17, 15) is 4.79 Å². The molecule has 0 aromatic rings. The number of carbonyl (C=O) groups excluding carboxylic acids is 1. The monoisotopic (exact) mass is 280 g/mol. The van der Waals surface area contributed by atoms with Crippen LogP contribution in [-0.2, 0) is 4.79 Å². The molecule has 0 aromatic heterocycles. The number of hydrogen-bond acceptors (Lipinski definition) is 2. The maximum atomic E-state index is 12.4. The zero-order valence-electron chi connectivity index (χ0n) is 13.4. The van der Waals surface area contributed by atoms with Gasteiger partial charge in [0.15, 0.2) is 0 Å². The van der Waals surface area contributed by atoms with Crippen molar-refractivity contribution in [2.75, 3.05) is 19.6 Å². The van der Waals surface area contributed by atoms with Gasteiger partial charge >= 0.3 is 0 Å². The quantitative estimate of drug-likeness (QED) is 0.839. The van der Waals surface area contributed by atoms with E-state index in [0.29, 0.717) is 23.8 Å². The summed E-state index contributed by atoms with van der Waals surface area (Å²) in [5.41, 5.74) is 0. The van der Waals surface area contributed by atoms with Crippen LogP contribution in [0.1, 0.15) is 65.2 Å². The molecule has 1 saturated heterocycles. The summed E-state index contributed by atoms with van der Waals surface area (Å²) in [6, 6.07) is 0.605. The summed E-state index contributed by atoms with van der Waals surface area (Å²) in [4.78, 5) is 14.6. The topological polar surface area (TPSA) is 32.3 Å². The van der Waals surface area contributed by atoms with E-state index in [1.54, 1.807) is 0 Å². The van der Waals surface area contributed by atoms with Crippen LogP contribution >= 0.6 is 0 Å². The number of carbonyl (C=O) groups is 1. The second kappa shape index (κ2) is 8.02. The lowest BCUT2D eigenvalue weighted by Crippen LogP contribution is -2.50. The lowest BCUT2D eigenvalue weighted by Gasteiger charge is -2.38. The number of piperidine rings is 1. The third kappa shape index (κ3) is 4.47. The van der Waals surface area contributed by atoms with Crippen molar-refractivity contribution in [1.29, 1.82) is 0 Å². The Balaban J connectivity index is 1.74. The average Bonchev–Trinajstić information content (AvgIpc) is 2.47. The Morgan fingerprint density at radius 1 is 1.20 bits per heavy atom. The Bertz CT molecular complexity index is 299. The molecule has 3 heteroatoms. The second-order valence-electron chi connectivity index (χ2n) is 6.87. The fraction of sp³-hybridized carbons (Fsp3) is 0.941. The van der Waals surface area contributed by atoms with Gasteiger partial charge in [-0.3, -0.25) is 4.79 Å². The highest BCUT2D eigenvalue weighted by Gasteiger charge is 2.29. The molecule has 116 valence electrons. The van der Waals surface area contributed by atoms with Crippen molar-refractivity contribution in [2.45, 2.75) is 71.3 Å². The number of hydrogen-bond donors (Lipinski definition) is 1. The van der Waals surface area contributed by atoms with E-state index < -0.39 is 0 Å². The molecule has 3 nitrogen and oxygen atoms in total. The van der Waals surface area contributed by atoms with Gasteiger partial charge in [0.25, 0.3) is 0 Å². The zero-order valence-corrected chi connectivity index (χ0v) is 13.4. The van der Waals surface area contributed by atoms with E-state index in [4.69, 9.17) is 0 Å². The normalized spacial score (nSPS) is 28.6. The first kappa shape index (κ1) is 15.8. The maximum Gasteiger partial charge on any atom is 0.222 e. The smallest absolute Gasteiger partial charge is 0.222 e. The molecule has 2 unspecified atom stereocenters. The van der Waals surface area contributed by atoms with Gasteiger partial charge in [0.1, 0.15) is 0 Å². The van der Waals surface area contributed by atoms with Crippen molar-refractivity contribution in [3.8, 4) is 0 Å². The van der Waals surface area contributed by atoms with E-state index in [2.05, 4.69) is 24.1 Å². The molecule has 0 spiro atoms. The lowest BCUT2D eigenvalue weighted by molar-refractivity contribution is -0.134. The van der Waals surface area contributed by atoms with Gasteiger partial charge in [-0.05, 0) is 44.1 Å². The molecule has 1 N–H and O–H groups in total.